The van der Waals surface area contributed by atoms with Crippen LogP contribution in [-0.4, -0.2) is 5.91 Å². The van der Waals surface area contributed by atoms with E-state index in [1.54, 1.807) is 0 Å². The number of carbonyl (C=O) groups excluding carboxylic acids is 1. The molecule has 0 radical (unpaired) electrons. The second kappa shape index (κ2) is 3.57. The normalized spacial score (nSPS) is 22.8. The first-order valence-corrected chi connectivity index (χ1v) is 5.07. The Morgan fingerprint density at radius 3 is 2.94 bits per heavy atom. The van der Waals surface area contributed by atoms with E-state index in [1.165, 1.54) is 18.2 Å². The first kappa shape index (κ1) is 11.1. The van der Waals surface area contributed by atoms with E-state index < -0.39 is 11.4 Å². The lowest BCUT2D eigenvalue weighted by molar-refractivity contribution is -0.120. The standard InChI is InChI=1S/C11H10ClFN2O/c1-2-3-11(14)6-4-8(13)7(12)5-9(6)15-10(11)16/h2,4-5H,1,3,14H2,(H,15,16). The van der Waals surface area contributed by atoms with Gasteiger partial charge in [-0.1, -0.05) is 17.7 Å². The zero-order valence-corrected chi connectivity index (χ0v) is 9.14. The summed E-state index contributed by atoms with van der Waals surface area (Å²) in [5.74, 6) is -0.958. The van der Waals surface area contributed by atoms with Gasteiger partial charge in [-0.2, -0.15) is 0 Å². The zero-order chi connectivity index (χ0) is 11.9. The number of carbonyl (C=O) groups is 1. The molecule has 3 N–H and O–H groups in total. The molecule has 0 aromatic heterocycles. The highest BCUT2D eigenvalue weighted by atomic mass is 35.5. The number of nitrogens with one attached hydrogen (secondary N) is 1. The van der Waals surface area contributed by atoms with Crippen LogP contribution < -0.4 is 11.1 Å². The summed E-state index contributed by atoms with van der Waals surface area (Å²) in [7, 11) is 0. The molecule has 0 aliphatic carbocycles. The van der Waals surface area contributed by atoms with Gasteiger partial charge in [0, 0.05) is 11.3 Å². The molecule has 1 aliphatic heterocycles. The van der Waals surface area contributed by atoms with E-state index in [2.05, 4.69) is 11.9 Å². The summed E-state index contributed by atoms with van der Waals surface area (Å²) in [6.45, 7) is 3.54. The molecule has 3 nitrogen and oxygen atoms in total. The van der Waals surface area contributed by atoms with Gasteiger partial charge in [0.15, 0.2) is 0 Å². The lowest BCUT2D eigenvalue weighted by Gasteiger charge is -2.20. The summed E-state index contributed by atoms with van der Waals surface area (Å²) in [4.78, 5) is 11.7. The van der Waals surface area contributed by atoms with Gasteiger partial charge in [-0.05, 0) is 18.6 Å². The van der Waals surface area contributed by atoms with Gasteiger partial charge in [-0.3, -0.25) is 4.79 Å². The quantitative estimate of drug-likeness (QED) is 0.779. The van der Waals surface area contributed by atoms with Crippen LogP contribution in [0.2, 0.25) is 5.02 Å². The van der Waals surface area contributed by atoms with Gasteiger partial charge in [0.2, 0.25) is 5.91 Å². The van der Waals surface area contributed by atoms with Crippen molar-refractivity contribution in [3.63, 3.8) is 0 Å². The minimum Gasteiger partial charge on any atom is -0.324 e. The van der Waals surface area contributed by atoms with Crippen molar-refractivity contribution in [2.45, 2.75) is 12.0 Å². The smallest absolute Gasteiger partial charge is 0.249 e. The fraction of sp³-hybridized carbons (Fsp3) is 0.182. The Hall–Kier alpha value is -1.39. The molecule has 1 heterocycles. The Morgan fingerprint density at radius 1 is 1.62 bits per heavy atom. The number of benzene rings is 1. The molecular weight excluding hydrogens is 231 g/mol. The van der Waals surface area contributed by atoms with E-state index in [4.69, 9.17) is 17.3 Å². The second-order valence-electron chi connectivity index (χ2n) is 3.73. The number of halogens is 2. The van der Waals surface area contributed by atoms with Crippen molar-refractivity contribution >= 4 is 23.2 Å². The Labute approximate surface area is 97.1 Å². The summed E-state index contributed by atoms with van der Waals surface area (Å²) in [5, 5.41) is 2.54. The third-order valence-corrected chi connectivity index (χ3v) is 2.95. The average molecular weight is 241 g/mol. The molecule has 1 aromatic rings. The van der Waals surface area contributed by atoms with Crippen molar-refractivity contribution in [2.24, 2.45) is 5.73 Å². The number of anilines is 1. The van der Waals surface area contributed by atoms with E-state index in [-0.39, 0.29) is 17.4 Å². The molecule has 0 spiro atoms. The molecule has 84 valence electrons. The SMILES string of the molecule is C=CCC1(N)C(=O)Nc2cc(Cl)c(F)cc21. The maximum atomic E-state index is 13.3. The Bertz CT molecular complexity index is 489. The van der Waals surface area contributed by atoms with E-state index >= 15 is 0 Å². The van der Waals surface area contributed by atoms with Crippen LogP contribution in [0.25, 0.3) is 0 Å². The van der Waals surface area contributed by atoms with Crippen molar-refractivity contribution in [3.8, 4) is 0 Å². The molecule has 1 atom stereocenters. The molecule has 0 saturated heterocycles. The number of hydrogen-bond acceptors (Lipinski definition) is 2. The Morgan fingerprint density at radius 2 is 2.31 bits per heavy atom. The summed E-state index contributed by atoms with van der Waals surface area (Å²) in [6, 6.07) is 2.56. The maximum absolute atomic E-state index is 13.3. The third-order valence-electron chi connectivity index (χ3n) is 2.66. The number of nitrogens with two attached hydrogens (primary N) is 1. The van der Waals surface area contributed by atoms with Crippen molar-refractivity contribution in [2.75, 3.05) is 5.32 Å². The molecule has 1 amide bonds. The topological polar surface area (TPSA) is 55.1 Å². The molecule has 5 heteroatoms. The maximum Gasteiger partial charge on any atom is 0.249 e. The minimum absolute atomic E-state index is 0.0399. The largest absolute Gasteiger partial charge is 0.324 e. The molecule has 0 bridgehead atoms. The van der Waals surface area contributed by atoms with Gasteiger partial charge in [-0.25, -0.2) is 4.39 Å². The zero-order valence-electron chi connectivity index (χ0n) is 8.39. The minimum atomic E-state index is -1.25. The molecule has 1 unspecified atom stereocenters. The fourth-order valence-electron chi connectivity index (χ4n) is 1.81. The molecule has 1 aromatic carbocycles. The van der Waals surface area contributed by atoms with Crippen LogP contribution in [-0.2, 0) is 10.3 Å². The first-order valence-electron chi connectivity index (χ1n) is 4.70. The lowest BCUT2D eigenvalue weighted by Crippen LogP contribution is -2.43. The molecule has 0 fully saturated rings. The van der Waals surface area contributed by atoms with Crippen LogP contribution >= 0.6 is 11.6 Å². The predicted molar refractivity (Wildman–Crippen MR) is 60.7 cm³/mol. The van der Waals surface area contributed by atoms with Gasteiger partial charge in [-0.15, -0.1) is 6.58 Å². The van der Waals surface area contributed by atoms with E-state index in [0.717, 1.165) is 0 Å². The molecule has 1 aliphatic rings. The summed E-state index contributed by atoms with van der Waals surface area (Å²) in [5.41, 5.74) is 5.58. The van der Waals surface area contributed by atoms with E-state index in [0.29, 0.717) is 11.3 Å². The average Bonchev–Trinajstić information content (AvgIpc) is 2.43. The van der Waals surface area contributed by atoms with Crippen LogP contribution in [0.4, 0.5) is 10.1 Å². The number of fused-ring (bicyclic) bond motifs is 1. The van der Waals surface area contributed by atoms with Crippen LogP contribution in [0.3, 0.4) is 0 Å². The highest BCUT2D eigenvalue weighted by Gasteiger charge is 2.43. The van der Waals surface area contributed by atoms with Crippen molar-refractivity contribution in [3.05, 3.63) is 41.2 Å². The van der Waals surface area contributed by atoms with Gasteiger partial charge in [0.1, 0.15) is 11.4 Å². The summed E-state index contributed by atoms with van der Waals surface area (Å²) >= 11 is 5.62. The van der Waals surface area contributed by atoms with Gasteiger partial charge >= 0.3 is 0 Å². The number of hydrogen-bond donors (Lipinski definition) is 2. The third kappa shape index (κ3) is 1.42. The Balaban J connectivity index is 2.60. The van der Waals surface area contributed by atoms with Gasteiger partial charge < -0.3 is 11.1 Å². The van der Waals surface area contributed by atoms with Crippen LogP contribution in [0.5, 0.6) is 0 Å². The van der Waals surface area contributed by atoms with Crippen LogP contribution in [0.15, 0.2) is 24.8 Å². The fourth-order valence-corrected chi connectivity index (χ4v) is 1.97. The van der Waals surface area contributed by atoms with Crippen LogP contribution in [0, 0.1) is 5.82 Å². The van der Waals surface area contributed by atoms with E-state index in [1.807, 2.05) is 0 Å². The summed E-state index contributed by atoms with van der Waals surface area (Å²) in [6.07, 6.45) is 1.77. The first-order chi connectivity index (χ1) is 7.49. The summed E-state index contributed by atoms with van der Waals surface area (Å²) < 4.78 is 13.3. The highest BCUT2D eigenvalue weighted by molar-refractivity contribution is 6.31. The Kier molecular flexibility index (Phi) is 2.48. The van der Waals surface area contributed by atoms with Crippen molar-refractivity contribution in [1.82, 2.24) is 0 Å². The lowest BCUT2D eigenvalue weighted by atomic mass is 9.89. The van der Waals surface area contributed by atoms with Gasteiger partial charge in [0.05, 0.1) is 5.02 Å². The van der Waals surface area contributed by atoms with Crippen LogP contribution in [0.1, 0.15) is 12.0 Å². The molecular formula is C11H10ClFN2O. The predicted octanol–water partition coefficient (Wildman–Crippen LogP) is 2.16. The number of amides is 1. The molecule has 0 saturated carbocycles. The van der Waals surface area contributed by atoms with Gasteiger partial charge in [0.25, 0.3) is 0 Å². The van der Waals surface area contributed by atoms with Crippen molar-refractivity contribution < 1.29 is 9.18 Å². The molecule has 16 heavy (non-hydrogen) atoms. The van der Waals surface area contributed by atoms with Crippen molar-refractivity contribution in [1.29, 1.82) is 0 Å². The molecule has 2 rings (SSSR count). The number of rotatable bonds is 2. The highest BCUT2D eigenvalue weighted by Crippen LogP contribution is 2.39. The monoisotopic (exact) mass is 240 g/mol. The van der Waals surface area contributed by atoms with E-state index in [9.17, 15) is 9.18 Å². The second-order valence-corrected chi connectivity index (χ2v) is 4.14.